The Kier molecular flexibility index (Phi) is 4.51. The van der Waals surface area contributed by atoms with Crippen molar-refractivity contribution in [2.45, 2.75) is 0 Å². The standard InChI is InChI=1S/C21H17BrN2O3S/c22-6-9-27-21(26)18-17-16-14(24-7-10-28-11-8-24)5-4-12-2-1-3-13(15(12)16)19(17)23-20(18)25/h1-5H,6-11H2. The van der Waals surface area contributed by atoms with E-state index in [4.69, 9.17) is 4.74 Å². The summed E-state index contributed by atoms with van der Waals surface area (Å²) in [6, 6.07) is 10.2. The highest BCUT2D eigenvalue weighted by molar-refractivity contribution is 9.09. The quantitative estimate of drug-likeness (QED) is 0.400. The molecule has 5 rings (SSSR count). The van der Waals surface area contributed by atoms with Gasteiger partial charge in [0.2, 0.25) is 0 Å². The van der Waals surface area contributed by atoms with Crippen LogP contribution in [-0.2, 0) is 14.3 Å². The lowest BCUT2D eigenvalue weighted by atomic mass is 9.98. The van der Waals surface area contributed by atoms with Crippen LogP contribution >= 0.6 is 27.7 Å². The molecule has 0 saturated carbocycles. The van der Waals surface area contributed by atoms with Crippen LogP contribution in [0.1, 0.15) is 11.1 Å². The summed E-state index contributed by atoms with van der Waals surface area (Å²) in [6.07, 6.45) is 0. The van der Waals surface area contributed by atoms with Gasteiger partial charge in [0.05, 0.1) is 5.71 Å². The third-order valence-corrected chi connectivity index (χ3v) is 6.58. The summed E-state index contributed by atoms with van der Waals surface area (Å²) in [7, 11) is 0. The van der Waals surface area contributed by atoms with Crippen molar-refractivity contribution in [3.05, 3.63) is 47.0 Å². The summed E-state index contributed by atoms with van der Waals surface area (Å²) in [5, 5.41) is 2.69. The Labute approximate surface area is 175 Å². The van der Waals surface area contributed by atoms with E-state index in [0.717, 1.165) is 52.2 Å². The lowest BCUT2D eigenvalue weighted by Gasteiger charge is -2.30. The SMILES string of the molecule is O=C1N=C2C(=C1C(=O)OCCBr)c1c(N3CCSCC3)ccc3cccc2c13. The molecule has 2 heterocycles. The lowest BCUT2D eigenvalue weighted by molar-refractivity contribution is -0.139. The van der Waals surface area contributed by atoms with E-state index in [2.05, 4.69) is 44.0 Å². The fourth-order valence-electron chi connectivity index (χ4n) is 4.16. The number of fused-ring (bicyclic) bond motifs is 3. The highest BCUT2D eigenvalue weighted by Gasteiger charge is 2.41. The number of esters is 1. The fourth-order valence-corrected chi connectivity index (χ4v) is 5.22. The number of halogens is 1. The molecule has 2 aromatic rings. The van der Waals surface area contributed by atoms with Crippen molar-refractivity contribution >= 4 is 67.3 Å². The average Bonchev–Trinajstić information content (AvgIpc) is 3.22. The summed E-state index contributed by atoms with van der Waals surface area (Å²) < 4.78 is 5.28. The number of aliphatic imine (C=N–C) groups is 1. The Balaban J connectivity index is 1.76. The summed E-state index contributed by atoms with van der Waals surface area (Å²) in [5.41, 5.74) is 4.26. The summed E-state index contributed by atoms with van der Waals surface area (Å²) in [5.74, 6) is 1.04. The largest absolute Gasteiger partial charge is 0.461 e. The van der Waals surface area contributed by atoms with Gasteiger partial charge in [-0.1, -0.05) is 40.2 Å². The molecule has 1 fully saturated rings. The van der Waals surface area contributed by atoms with E-state index in [1.165, 1.54) is 0 Å². The number of thioether (sulfide) groups is 1. The number of allylic oxidation sites excluding steroid dienone is 1. The number of hydrogen-bond donors (Lipinski definition) is 0. The zero-order chi connectivity index (χ0) is 19.3. The molecular weight excluding hydrogens is 440 g/mol. The number of alkyl halides is 1. The van der Waals surface area contributed by atoms with Crippen LogP contribution in [0.4, 0.5) is 5.69 Å². The second-order valence-corrected chi connectivity index (χ2v) is 8.82. The maximum Gasteiger partial charge on any atom is 0.344 e. The smallest absolute Gasteiger partial charge is 0.344 e. The van der Waals surface area contributed by atoms with E-state index in [1.54, 1.807) is 0 Å². The van der Waals surface area contributed by atoms with Gasteiger partial charge in [-0.05, 0) is 11.5 Å². The minimum atomic E-state index is -0.594. The zero-order valence-electron chi connectivity index (χ0n) is 15.0. The second kappa shape index (κ2) is 7.04. The van der Waals surface area contributed by atoms with E-state index in [1.807, 2.05) is 23.9 Å². The number of hydrogen-bond acceptors (Lipinski definition) is 5. The van der Waals surface area contributed by atoms with Crippen molar-refractivity contribution in [1.82, 2.24) is 0 Å². The Morgan fingerprint density at radius 1 is 1.21 bits per heavy atom. The first-order chi connectivity index (χ1) is 13.7. The first kappa shape index (κ1) is 17.9. The Morgan fingerprint density at radius 3 is 2.82 bits per heavy atom. The Hall–Kier alpha value is -2.12. The molecule has 28 heavy (non-hydrogen) atoms. The van der Waals surface area contributed by atoms with Crippen LogP contribution in [-0.4, -0.2) is 54.1 Å². The highest BCUT2D eigenvalue weighted by Crippen LogP contribution is 2.47. The van der Waals surface area contributed by atoms with Gasteiger partial charge in [0.1, 0.15) is 12.2 Å². The predicted octanol–water partition coefficient (Wildman–Crippen LogP) is 3.43. The van der Waals surface area contributed by atoms with Crippen LogP contribution in [0.15, 0.2) is 40.9 Å². The van der Waals surface area contributed by atoms with Gasteiger partial charge in [-0.15, -0.1) is 0 Å². The summed E-state index contributed by atoms with van der Waals surface area (Å²) in [6.45, 7) is 2.11. The van der Waals surface area contributed by atoms with Crippen molar-refractivity contribution in [3.63, 3.8) is 0 Å². The van der Waals surface area contributed by atoms with Crippen LogP contribution < -0.4 is 4.90 Å². The van der Waals surface area contributed by atoms with Crippen LogP contribution in [0.5, 0.6) is 0 Å². The van der Waals surface area contributed by atoms with Crippen LogP contribution in [0.3, 0.4) is 0 Å². The lowest BCUT2D eigenvalue weighted by Crippen LogP contribution is -2.33. The number of ether oxygens (including phenoxy) is 1. The van der Waals surface area contributed by atoms with Gasteiger partial charge in [0.25, 0.3) is 5.91 Å². The first-order valence-corrected chi connectivity index (χ1v) is 11.5. The number of amides is 1. The molecule has 7 heteroatoms. The molecule has 2 aliphatic heterocycles. The minimum absolute atomic E-state index is 0.0623. The molecule has 0 N–H and O–H groups in total. The zero-order valence-corrected chi connectivity index (χ0v) is 17.4. The van der Waals surface area contributed by atoms with E-state index in [0.29, 0.717) is 16.6 Å². The molecule has 0 bridgehead atoms. The molecule has 3 aliphatic rings. The number of carbonyl (C=O) groups is 2. The van der Waals surface area contributed by atoms with Gasteiger partial charge in [-0.25, -0.2) is 9.79 Å². The number of carbonyl (C=O) groups excluding carboxylic acids is 2. The fraction of sp³-hybridized carbons (Fsp3) is 0.286. The van der Waals surface area contributed by atoms with Crippen molar-refractivity contribution < 1.29 is 14.3 Å². The number of anilines is 1. The predicted molar refractivity (Wildman–Crippen MR) is 117 cm³/mol. The molecule has 1 amide bonds. The maximum absolute atomic E-state index is 12.7. The van der Waals surface area contributed by atoms with Crippen molar-refractivity contribution in [3.8, 4) is 0 Å². The van der Waals surface area contributed by atoms with E-state index in [-0.39, 0.29) is 12.2 Å². The Bertz CT molecular complexity index is 1090. The number of nitrogens with zero attached hydrogens (tertiary/aromatic N) is 2. The molecule has 0 unspecified atom stereocenters. The molecule has 0 aromatic heterocycles. The molecule has 1 saturated heterocycles. The topological polar surface area (TPSA) is 59.0 Å². The first-order valence-electron chi connectivity index (χ1n) is 9.20. The van der Waals surface area contributed by atoms with E-state index >= 15 is 0 Å². The maximum atomic E-state index is 12.7. The van der Waals surface area contributed by atoms with Crippen LogP contribution in [0, 0.1) is 0 Å². The molecule has 0 radical (unpaired) electrons. The van der Waals surface area contributed by atoms with Crippen LogP contribution in [0.2, 0.25) is 0 Å². The van der Waals surface area contributed by atoms with Crippen molar-refractivity contribution in [2.75, 3.05) is 41.4 Å². The average molecular weight is 457 g/mol. The van der Waals surface area contributed by atoms with Gasteiger partial charge in [0.15, 0.2) is 0 Å². The van der Waals surface area contributed by atoms with Gasteiger partial charge >= 0.3 is 5.97 Å². The monoisotopic (exact) mass is 456 g/mol. The molecule has 0 atom stereocenters. The van der Waals surface area contributed by atoms with Crippen molar-refractivity contribution in [2.24, 2.45) is 4.99 Å². The summed E-state index contributed by atoms with van der Waals surface area (Å²) >= 11 is 5.20. The molecule has 142 valence electrons. The molecule has 5 nitrogen and oxygen atoms in total. The molecular formula is C21H17BrN2O3S. The van der Waals surface area contributed by atoms with Gasteiger partial charge in [0, 0.05) is 57.7 Å². The molecule has 1 aliphatic carbocycles. The third kappa shape index (κ3) is 2.63. The van der Waals surface area contributed by atoms with Crippen LogP contribution in [0.25, 0.3) is 16.3 Å². The second-order valence-electron chi connectivity index (χ2n) is 6.80. The minimum Gasteiger partial charge on any atom is -0.461 e. The highest BCUT2D eigenvalue weighted by atomic mass is 79.9. The van der Waals surface area contributed by atoms with Gasteiger partial charge in [-0.2, -0.15) is 11.8 Å². The molecule has 0 spiro atoms. The number of rotatable bonds is 4. The van der Waals surface area contributed by atoms with E-state index < -0.39 is 11.9 Å². The van der Waals surface area contributed by atoms with Crippen molar-refractivity contribution in [1.29, 1.82) is 0 Å². The summed E-state index contributed by atoms with van der Waals surface area (Å²) in [4.78, 5) is 31.9. The number of benzene rings is 2. The van der Waals surface area contributed by atoms with E-state index in [9.17, 15) is 9.59 Å². The molecule has 2 aromatic carbocycles. The van der Waals surface area contributed by atoms with Gasteiger partial charge in [-0.3, -0.25) is 4.79 Å². The normalized spacial score (nSPS) is 18.0. The Morgan fingerprint density at radius 2 is 2.04 bits per heavy atom. The van der Waals surface area contributed by atoms with Gasteiger partial charge < -0.3 is 9.64 Å². The third-order valence-electron chi connectivity index (χ3n) is 5.31.